The number of hydrogen-bond donors (Lipinski definition) is 2. The van der Waals surface area contributed by atoms with Crippen molar-refractivity contribution < 1.29 is 14.8 Å². The molecule has 1 heterocycles. The Morgan fingerprint density at radius 3 is 3.00 bits per heavy atom. The van der Waals surface area contributed by atoms with Gasteiger partial charge in [-0.25, -0.2) is 0 Å². The Kier molecular flexibility index (Phi) is 4.40. The molecule has 0 unspecified atom stereocenters. The highest BCUT2D eigenvalue weighted by atomic mass is 16.6. The summed E-state index contributed by atoms with van der Waals surface area (Å²) in [6.45, 7) is 0.311. The normalized spacial score (nSPS) is 10.1. The number of aliphatic hydroxyl groups is 1. The SMILES string of the molecule is O=C(Cn1ccc([N+](=O)[O-])n1)NCCCO. The fourth-order valence-corrected chi connectivity index (χ4v) is 1.05. The molecule has 8 heteroatoms. The van der Waals surface area contributed by atoms with Crippen molar-refractivity contribution >= 4 is 11.7 Å². The molecule has 2 N–H and O–H groups in total. The summed E-state index contributed by atoms with van der Waals surface area (Å²) in [5, 5.41) is 24.9. The van der Waals surface area contributed by atoms with E-state index in [2.05, 4.69) is 10.4 Å². The molecule has 0 saturated heterocycles. The van der Waals surface area contributed by atoms with Crippen LogP contribution in [0.3, 0.4) is 0 Å². The molecule has 16 heavy (non-hydrogen) atoms. The van der Waals surface area contributed by atoms with Crippen LogP contribution < -0.4 is 5.32 Å². The van der Waals surface area contributed by atoms with E-state index in [-0.39, 0.29) is 24.9 Å². The molecule has 0 bridgehead atoms. The first-order valence-corrected chi connectivity index (χ1v) is 4.69. The van der Waals surface area contributed by atoms with Crippen molar-refractivity contribution in [1.82, 2.24) is 15.1 Å². The van der Waals surface area contributed by atoms with E-state index >= 15 is 0 Å². The van der Waals surface area contributed by atoms with Gasteiger partial charge in [0.25, 0.3) is 0 Å². The topological polar surface area (TPSA) is 110 Å². The molecule has 1 aromatic rings. The first-order chi connectivity index (χ1) is 7.63. The highest BCUT2D eigenvalue weighted by molar-refractivity contribution is 5.75. The largest absolute Gasteiger partial charge is 0.396 e. The van der Waals surface area contributed by atoms with Crippen LogP contribution in [-0.4, -0.2) is 38.9 Å². The van der Waals surface area contributed by atoms with Crippen LogP contribution in [0.5, 0.6) is 0 Å². The zero-order valence-electron chi connectivity index (χ0n) is 8.50. The van der Waals surface area contributed by atoms with E-state index in [1.54, 1.807) is 0 Å². The van der Waals surface area contributed by atoms with E-state index in [1.807, 2.05) is 0 Å². The quantitative estimate of drug-likeness (QED) is 0.379. The third-order valence-electron chi connectivity index (χ3n) is 1.78. The molecular formula is C8H12N4O4. The van der Waals surface area contributed by atoms with Gasteiger partial charge in [-0.15, -0.1) is 0 Å². The monoisotopic (exact) mass is 228 g/mol. The Labute approximate surface area is 91.0 Å². The van der Waals surface area contributed by atoms with E-state index in [1.165, 1.54) is 16.9 Å². The van der Waals surface area contributed by atoms with Gasteiger partial charge in [-0.1, -0.05) is 0 Å². The lowest BCUT2D eigenvalue weighted by Gasteiger charge is -2.01. The zero-order valence-corrected chi connectivity index (χ0v) is 8.50. The van der Waals surface area contributed by atoms with Gasteiger partial charge in [0, 0.05) is 13.2 Å². The first-order valence-electron chi connectivity index (χ1n) is 4.69. The highest BCUT2D eigenvalue weighted by Gasteiger charge is 2.12. The third-order valence-corrected chi connectivity index (χ3v) is 1.78. The van der Waals surface area contributed by atoms with Gasteiger partial charge in [-0.2, -0.15) is 4.68 Å². The minimum Gasteiger partial charge on any atom is -0.396 e. The van der Waals surface area contributed by atoms with Crippen molar-refractivity contribution in [3.05, 3.63) is 22.4 Å². The molecule has 88 valence electrons. The number of nitrogens with zero attached hydrogens (tertiary/aromatic N) is 3. The molecule has 0 fully saturated rings. The van der Waals surface area contributed by atoms with Gasteiger partial charge in [-0.05, 0) is 11.3 Å². The fourth-order valence-electron chi connectivity index (χ4n) is 1.05. The smallest absolute Gasteiger partial charge is 0.389 e. The van der Waals surface area contributed by atoms with Crippen molar-refractivity contribution in [1.29, 1.82) is 0 Å². The Morgan fingerprint density at radius 1 is 1.69 bits per heavy atom. The second-order valence-corrected chi connectivity index (χ2v) is 3.06. The average Bonchev–Trinajstić information content (AvgIpc) is 2.66. The van der Waals surface area contributed by atoms with Crippen LogP contribution in [0.25, 0.3) is 0 Å². The average molecular weight is 228 g/mol. The number of aliphatic hydroxyl groups excluding tert-OH is 1. The number of nitrogens with one attached hydrogen (secondary N) is 1. The minimum absolute atomic E-state index is 0.00746. The Morgan fingerprint density at radius 2 is 2.44 bits per heavy atom. The predicted molar refractivity (Wildman–Crippen MR) is 53.6 cm³/mol. The van der Waals surface area contributed by atoms with Crippen LogP contribution in [0.1, 0.15) is 6.42 Å². The molecule has 1 aromatic heterocycles. The summed E-state index contributed by atoms with van der Waals surface area (Å²) in [5.41, 5.74) is 0. The number of carbonyl (C=O) groups excluding carboxylic acids is 1. The second kappa shape index (κ2) is 5.81. The molecule has 1 amide bonds. The maximum Gasteiger partial charge on any atom is 0.389 e. The Hall–Kier alpha value is -1.96. The Bertz CT molecular complexity index is 376. The van der Waals surface area contributed by atoms with Gasteiger partial charge in [0.1, 0.15) is 6.54 Å². The fraction of sp³-hybridized carbons (Fsp3) is 0.500. The number of aromatic nitrogens is 2. The van der Waals surface area contributed by atoms with Crippen molar-refractivity contribution in [2.24, 2.45) is 0 Å². The van der Waals surface area contributed by atoms with E-state index in [9.17, 15) is 14.9 Å². The molecule has 0 aromatic carbocycles. The lowest BCUT2D eigenvalue weighted by Crippen LogP contribution is -2.29. The maximum atomic E-state index is 11.2. The lowest BCUT2D eigenvalue weighted by molar-refractivity contribution is -0.389. The van der Waals surface area contributed by atoms with Crippen molar-refractivity contribution in [2.45, 2.75) is 13.0 Å². The summed E-state index contributed by atoms with van der Waals surface area (Å²) in [5.74, 6) is -0.588. The molecule has 0 aliphatic rings. The molecule has 0 atom stereocenters. The number of amides is 1. The molecule has 0 aliphatic heterocycles. The van der Waals surface area contributed by atoms with Crippen molar-refractivity contribution in [2.75, 3.05) is 13.2 Å². The number of nitro groups is 1. The summed E-state index contributed by atoms with van der Waals surface area (Å²) in [6.07, 6.45) is 1.84. The number of rotatable bonds is 6. The van der Waals surface area contributed by atoms with E-state index in [4.69, 9.17) is 5.11 Å². The number of carbonyl (C=O) groups is 1. The van der Waals surface area contributed by atoms with Crippen molar-refractivity contribution in [3.63, 3.8) is 0 Å². The molecular weight excluding hydrogens is 216 g/mol. The summed E-state index contributed by atoms with van der Waals surface area (Å²) >= 11 is 0. The van der Waals surface area contributed by atoms with E-state index < -0.39 is 4.92 Å². The van der Waals surface area contributed by atoms with E-state index in [0.717, 1.165) is 0 Å². The summed E-state index contributed by atoms with van der Waals surface area (Å²) in [6, 6.07) is 1.22. The van der Waals surface area contributed by atoms with Gasteiger partial charge in [0.2, 0.25) is 5.91 Å². The van der Waals surface area contributed by atoms with Gasteiger partial charge in [0.15, 0.2) is 0 Å². The minimum atomic E-state index is -0.625. The van der Waals surface area contributed by atoms with Crippen LogP contribution >= 0.6 is 0 Å². The van der Waals surface area contributed by atoms with Crippen LogP contribution in [0.4, 0.5) is 5.82 Å². The summed E-state index contributed by atoms with van der Waals surface area (Å²) in [7, 11) is 0. The van der Waals surface area contributed by atoms with Crippen LogP contribution in [-0.2, 0) is 11.3 Å². The molecule has 0 aliphatic carbocycles. The highest BCUT2D eigenvalue weighted by Crippen LogP contribution is 2.04. The molecule has 0 spiro atoms. The second-order valence-electron chi connectivity index (χ2n) is 3.06. The van der Waals surface area contributed by atoms with Crippen molar-refractivity contribution in [3.8, 4) is 0 Å². The van der Waals surface area contributed by atoms with Crippen LogP contribution in [0, 0.1) is 10.1 Å². The van der Waals surface area contributed by atoms with Gasteiger partial charge in [0.05, 0.1) is 17.4 Å². The summed E-state index contributed by atoms with van der Waals surface area (Å²) < 4.78 is 1.19. The van der Waals surface area contributed by atoms with Gasteiger partial charge < -0.3 is 20.5 Å². The zero-order chi connectivity index (χ0) is 12.0. The number of hydrogen-bond acceptors (Lipinski definition) is 5. The standard InChI is InChI=1S/C8H12N4O4/c13-5-1-3-9-8(14)6-11-4-2-7(10-11)12(15)16/h2,4,13H,1,3,5-6H2,(H,9,14). The Balaban J connectivity index is 2.40. The summed E-state index contributed by atoms with van der Waals surface area (Å²) in [4.78, 5) is 20.9. The van der Waals surface area contributed by atoms with E-state index in [0.29, 0.717) is 13.0 Å². The molecule has 0 radical (unpaired) electrons. The van der Waals surface area contributed by atoms with Gasteiger partial charge >= 0.3 is 5.82 Å². The molecule has 8 nitrogen and oxygen atoms in total. The first kappa shape index (κ1) is 12.1. The lowest BCUT2D eigenvalue weighted by atomic mass is 10.4. The maximum absolute atomic E-state index is 11.2. The van der Waals surface area contributed by atoms with Crippen LogP contribution in [0.15, 0.2) is 12.3 Å². The molecule has 1 rings (SSSR count). The van der Waals surface area contributed by atoms with Crippen LogP contribution in [0.2, 0.25) is 0 Å². The predicted octanol–water partition coefficient (Wildman–Crippen LogP) is -0.710. The third kappa shape index (κ3) is 3.65. The van der Waals surface area contributed by atoms with Gasteiger partial charge in [-0.3, -0.25) is 4.79 Å². The molecule has 0 saturated carbocycles.